The van der Waals surface area contributed by atoms with Crippen molar-refractivity contribution in [2.24, 2.45) is 0 Å². The molecule has 8 heteroatoms. The molecule has 0 saturated carbocycles. The molecule has 0 bridgehead atoms. The van der Waals surface area contributed by atoms with Gasteiger partial charge in [0, 0.05) is 19.3 Å². The van der Waals surface area contributed by atoms with Crippen molar-refractivity contribution in [1.82, 2.24) is 14.3 Å². The van der Waals surface area contributed by atoms with E-state index in [1.165, 1.54) is 23.9 Å². The molecule has 2 aromatic heterocycles. The number of sulfonamides is 1. The lowest BCUT2D eigenvalue weighted by atomic mass is 10.2. The molecular weight excluding hydrogens is 286 g/mol. The number of hydrogen-bond acceptors (Lipinski definition) is 5. The summed E-state index contributed by atoms with van der Waals surface area (Å²) in [5, 5.41) is 13.4. The van der Waals surface area contributed by atoms with Crippen LogP contribution in [-0.2, 0) is 16.6 Å². The van der Waals surface area contributed by atoms with Gasteiger partial charge in [-0.25, -0.2) is 18.1 Å². The highest BCUT2D eigenvalue weighted by Gasteiger charge is 2.19. The molecule has 0 aromatic carbocycles. The Kier molecular flexibility index (Phi) is 4.35. The van der Waals surface area contributed by atoms with Crippen LogP contribution in [0.1, 0.15) is 18.6 Å². The van der Waals surface area contributed by atoms with Crippen LogP contribution in [0.2, 0.25) is 0 Å². The minimum Gasteiger partial charge on any atom is -0.387 e. The van der Waals surface area contributed by atoms with Gasteiger partial charge in [-0.2, -0.15) is 11.3 Å². The fourth-order valence-electron chi connectivity index (χ4n) is 1.50. The summed E-state index contributed by atoms with van der Waals surface area (Å²) >= 11 is 1.45. The van der Waals surface area contributed by atoms with Crippen LogP contribution in [0, 0.1) is 0 Å². The monoisotopic (exact) mass is 301 g/mol. The van der Waals surface area contributed by atoms with Crippen LogP contribution in [0.25, 0.3) is 0 Å². The zero-order valence-electron chi connectivity index (χ0n) is 10.4. The van der Waals surface area contributed by atoms with E-state index in [0.29, 0.717) is 12.1 Å². The van der Waals surface area contributed by atoms with Gasteiger partial charge in [0.2, 0.25) is 0 Å². The van der Waals surface area contributed by atoms with E-state index in [0.717, 1.165) is 0 Å². The number of aromatic nitrogens is 2. The number of rotatable bonds is 6. The molecule has 0 radical (unpaired) electrons. The maximum atomic E-state index is 11.9. The van der Waals surface area contributed by atoms with Gasteiger partial charge in [0.05, 0.1) is 12.4 Å². The third kappa shape index (κ3) is 3.41. The first kappa shape index (κ1) is 14.2. The smallest absolute Gasteiger partial charge is 0.259 e. The van der Waals surface area contributed by atoms with Crippen LogP contribution in [0.4, 0.5) is 0 Å². The van der Waals surface area contributed by atoms with E-state index in [4.69, 9.17) is 0 Å². The Morgan fingerprint density at radius 3 is 2.95 bits per heavy atom. The standard InChI is InChI=1S/C11H15N3O3S2/c1-2-14-6-11(12-8-14)19(16,17)13-5-10(15)9-3-4-18-7-9/h3-4,6-8,10,13,15H,2,5H2,1H3. The number of hydrogen-bond donors (Lipinski definition) is 2. The van der Waals surface area contributed by atoms with Crippen LogP contribution >= 0.6 is 11.3 Å². The maximum absolute atomic E-state index is 11.9. The highest BCUT2D eigenvalue weighted by Crippen LogP contribution is 2.16. The molecule has 0 aliphatic heterocycles. The van der Waals surface area contributed by atoms with E-state index in [1.807, 2.05) is 12.3 Å². The molecule has 104 valence electrons. The molecule has 2 heterocycles. The van der Waals surface area contributed by atoms with Gasteiger partial charge < -0.3 is 9.67 Å². The number of aliphatic hydroxyl groups excluding tert-OH is 1. The second-order valence-corrected chi connectivity index (χ2v) is 6.46. The summed E-state index contributed by atoms with van der Waals surface area (Å²) in [5.74, 6) is 0. The highest BCUT2D eigenvalue weighted by atomic mass is 32.2. The van der Waals surface area contributed by atoms with Crippen LogP contribution in [-0.4, -0.2) is 29.6 Å². The molecular formula is C11H15N3O3S2. The predicted octanol–water partition coefficient (Wildman–Crippen LogP) is 0.976. The number of thiophene rings is 1. The Morgan fingerprint density at radius 2 is 2.37 bits per heavy atom. The average molecular weight is 301 g/mol. The lowest BCUT2D eigenvalue weighted by Crippen LogP contribution is -2.28. The van der Waals surface area contributed by atoms with Gasteiger partial charge in [-0.3, -0.25) is 0 Å². The van der Waals surface area contributed by atoms with E-state index in [1.54, 1.807) is 16.0 Å². The number of imidazole rings is 1. The minimum absolute atomic E-state index is 0.0353. The van der Waals surface area contributed by atoms with Crippen LogP contribution in [0.15, 0.2) is 34.4 Å². The van der Waals surface area contributed by atoms with Crippen molar-refractivity contribution in [3.8, 4) is 0 Å². The molecule has 0 fully saturated rings. The van der Waals surface area contributed by atoms with Crippen LogP contribution in [0.5, 0.6) is 0 Å². The lowest BCUT2D eigenvalue weighted by Gasteiger charge is -2.09. The Labute approximate surface area is 115 Å². The summed E-state index contributed by atoms with van der Waals surface area (Å²) in [7, 11) is -3.67. The Morgan fingerprint density at radius 1 is 1.58 bits per heavy atom. The summed E-state index contributed by atoms with van der Waals surface area (Å²) in [6.07, 6.45) is 2.07. The predicted molar refractivity (Wildman–Crippen MR) is 72.4 cm³/mol. The van der Waals surface area contributed by atoms with Crippen LogP contribution < -0.4 is 4.72 Å². The van der Waals surface area contributed by atoms with Crippen LogP contribution in [0.3, 0.4) is 0 Å². The van der Waals surface area contributed by atoms with E-state index >= 15 is 0 Å². The van der Waals surface area contributed by atoms with Gasteiger partial charge >= 0.3 is 0 Å². The lowest BCUT2D eigenvalue weighted by molar-refractivity contribution is 0.182. The molecule has 1 atom stereocenters. The number of nitrogens with zero attached hydrogens (tertiary/aromatic N) is 2. The first-order chi connectivity index (χ1) is 9.03. The Bertz CT molecular complexity index is 619. The van der Waals surface area contributed by atoms with E-state index in [9.17, 15) is 13.5 Å². The molecule has 2 aromatic rings. The fourth-order valence-corrected chi connectivity index (χ4v) is 3.19. The van der Waals surface area contributed by atoms with Gasteiger partial charge in [0.25, 0.3) is 10.0 Å². The minimum atomic E-state index is -3.67. The van der Waals surface area contributed by atoms with Crippen molar-refractivity contribution < 1.29 is 13.5 Å². The van der Waals surface area contributed by atoms with E-state index in [-0.39, 0.29) is 11.6 Å². The second-order valence-electron chi connectivity index (χ2n) is 3.97. The molecule has 0 saturated heterocycles. The van der Waals surface area contributed by atoms with Gasteiger partial charge in [-0.05, 0) is 29.3 Å². The summed E-state index contributed by atoms with van der Waals surface area (Å²) in [6, 6.07) is 1.76. The molecule has 2 N–H and O–H groups in total. The number of nitrogens with one attached hydrogen (secondary N) is 1. The van der Waals surface area contributed by atoms with Crippen molar-refractivity contribution in [2.45, 2.75) is 24.6 Å². The van der Waals surface area contributed by atoms with E-state index in [2.05, 4.69) is 9.71 Å². The summed E-state index contributed by atoms with van der Waals surface area (Å²) in [6.45, 7) is 2.48. The van der Waals surface area contributed by atoms with Gasteiger partial charge in [0.1, 0.15) is 0 Å². The molecule has 0 spiro atoms. The van der Waals surface area contributed by atoms with Crippen molar-refractivity contribution in [3.05, 3.63) is 34.9 Å². The average Bonchev–Trinajstić information content (AvgIpc) is 3.06. The zero-order chi connectivity index (χ0) is 13.9. The Hall–Kier alpha value is -1.22. The second kappa shape index (κ2) is 5.83. The molecule has 6 nitrogen and oxygen atoms in total. The SMILES string of the molecule is CCn1cnc(S(=O)(=O)NCC(O)c2ccsc2)c1. The van der Waals surface area contributed by atoms with E-state index < -0.39 is 16.1 Å². The first-order valence-corrected chi connectivity index (χ1v) is 8.17. The fraction of sp³-hybridized carbons (Fsp3) is 0.364. The van der Waals surface area contributed by atoms with Gasteiger partial charge in [-0.15, -0.1) is 0 Å². The summed E-state index contributed by atoms with van der Waals surface area (Å²) in [4.78, 5) is 3.83. The molecule has 19 heavy (non-hydrogen) atoms. The quantitative estimate of drug-likeness (QED) is 0.833. The maximum Gasteiger partial charge on any atom is 0.259 e. The normalized spacial score (nSPS) is 13.6. The molecule has 0 aliphatic rings. The number of aryl methyl sites for hydroxylation is 1. The topological polar surface area (TPSA) is 84.2 Å². The largest absolute Gasteiger partial charge is 0.387 e. The first-order valence-electron chi connectivity index (χ1n) is 5.74. The highest BCUT2D eigenvalue weighted by molar-refractivity contribution is 7.89. The summed E-state index contributed by atoms with van der Waals surface area (Å²) < 4.78 is 27.9. The van der Waals surface area contributed by atoms with Gasteiger partial charge in [-0.1, -0.05) is 0 Å². The van der Waals surface area contributed by atoms with Crippen molar-refractivity contribution in [2.75, 3.05) is 6.54 Å². The third-order valence-corrected chi connectivity index (χ3v) is 4.65. The molecule has 0 amide bonds. The van der Waals surface area contributed by atoms with Crippen molar-refractivity contribution in [3.63, 3.8) is 0 Å². The van der Waals surface area contributed by atoms with Crippen molar-refractivity contribution in [1.29, 1.82) is 0 Å². The number of aliphatic hydroxyl groups is 1. The van der Waals surface area contributed by atoms with Crippen molar-refractivity contribution >= 4 is 21.4 Å². The molecule has 2 rings (SSSR count). The third-order valence-electron chi connectivity index (χ3n) is 2.64. The summed E-state index contributed by atoms with van der Waals surface area (Å²) in [5.41, 5.74) is 0.701. The Balaban J connectivity index is 2.01. The van der Waals surface area contributed by atoms with Gasteiger partial charge in [0.15, 0.2) is 5.03 Å². The molecule has 0 aliphatic carbocycles. The molecule has 1 unspecified atom stereocenters. The zero-order valence-corrected chi connectivity index (χ0v) is 12.0.